The van der Waals surface area contributed by atoms with Gasteiger partial charge in [-0.05, 0) is 55.3 Å². The Morgan fingerprint density at radius 1 is 1.07 bits per heavy atom. The van der Waals surface area contributed by atoms with Gasteiger partial charge in [-0.1, -0.05) is 42.1 Å². The van der Waals surface area contributed by atoms with Crippen molar-refractivity contribution < 1.29 is 9.21 Å². The van der Waals surface area contributed by atoms with Crippen molar-refractivity contribution in [1.29, 1.82) is 0 Å². The smallest absolute Gasteiger partial charge is 0.251 e. The van der Waals surface area contributed by atoms with Gasteiger partial charge in [0.2, 0.25) is 0 Å². The van der Waals surface area contributed by atoms with Crippen LogP contribution in [0.15, 0.2) is 76.5 Å². The molecule has 4 aromatic rings. The van der Waals surface area contributed by atoms with Crippen molar-refractivity contribution in [3.05, 3.63) is 95.2 Å². The SMILES string of the molecule is Cc1cccc(-n2c(C)nnc2SCc2ccccc2C(=O)NCc2ccco2)c1. The van der Waals surface area contributed by atoms with Crippen LogP contribution in [-0.2, 0) is 12.3 Å². The first-order chi connectivity index (χ1) is 14.6. The molecule has 0 bridgehead atoms. The first kappa shape index (κ1) is 20.0. The summed E-state index contributed by atoms with van der Waals surface area (Å²) in [6, 6.07) is 19.5. The second-order valence-corrected chi connectivity index (χ2v) is 7.85. The van der Waals surface area contributed by atoms with Gasteiger partial charge in [0.1, 0.15) is 11.6 Å². The summed E-state index contributed by atoms with van der Waals surface area (Å²) < 4.78 is 7.32. The Kier molecular flexibility index (Phi) is 5.99. The number of nitrogens with one attached hydrogen (secondary N) is 1. The van der Waals surface area contributed by atoms with E-state index >= 15 is 0 Å². The molecule has 0 aliphatic carbocycles. The lowest BCUT2D eigenvalue weighted by Gasteiger charge is -2.11. The lowest BCUT2D eigenvalue weighted by atomic mass is 10.1. The van der Waals surface area contributed by atoms with Gasteiger partial charge in [-0.3, -0.25) is 9.36 Å². The summed E-state index contributed by atoms with van der Waals surface area (Å²) >= 11 is 1.56. The molecule has 2 aromatic carbocycles. The number of benzene rings is 2. The van der Waals surface area contributed by atoms with E-state index in [9.17, 15) is 4.79 Å². The molecular weight excluding hydrogens is 396 g/mol. The fraction of sp³-hybridized carbons (Fsp3) is 0.174. The predicted molar refractivity (Wildman–Crippen MR) is 117 cm³/mol. The lowest BCUT2D eigenvalue weighted by Crippen LogP contribution is -2.23. The maximum absolute atomic E-state index is 12.7. The molecule has 6 nitrogen and oxygen atoms in total. The van der Waals surface area contributed by atoms with Gasteiger partial charge in [-0.25, -0.2) is 0 Å². The van der Waals surface area contributed by atoms with Gasteiger partial charge >= 0.3 is 0 Å². The zero-order chi connectivity index (χ0) is 20.9. The van der Waals surface area contributed by atoms with Crippen molar-refractivity contribution >= 4 is 17.7 Å². The summed E-state index contributed by atoms with van der Waals surface area (Å²) in [4.78, 5) is 12.7. The third kappa shape index (κ3) is 4.46. The van der Waals surface area contributed by atoms with E-state index in [0.717, 1.165) is 28.0 Å². The van der Waals surface area contributed by atoms with Crippen LogP contribution in [0.25, 0.3) is 5.69 Å². The van der Waals surface area contributed by atoms with Crippen LogP contribution in [0.3, 0.4) is 0 Å². The summed E-state index contributed by atoms with van der Waals surface area (Å²) in [5, 5.41) is 12.3. The topological polar surface area (TPSA) is 73.0 Å². The number of rotatable bonds is 7. The average molecular weight is 419 g/mol. The largest absolute Gasteiger partial charge is 0.467 e. The fourth-order valence-electron chi connectivity index (χ4n) is 3.19. The molecule has 1 N–H and O–H groups in total. The van der Waals surface area contributed by atoms with Gasteiger partial charge < -0.3 is 9.73 Å². The van der Waals surface area contributed by atoms with Crippen LogP contribution in [0, 0.1) is 13.8 Å². The van der Waals surface area contributed by atoms with Gasteiger partial charge in [-0.15, -0.1) is 10.2 Å². The van der Waals surface area contributed by atoms with E-state index in [0.29, 0.717) is 17.9 Å². The summed E-state index contributed by atoms with van der Waals surface area (Å²) in [6.45, 7) is 4.36. The number of hydrogen-bond donors (Lipinski definition) is 1. The van der Waals surface area contributed by atoms with Crippen molar-refractivity contribution in [2.75, 3.05) is 0 Å². The number of thioether (sulfide) groups is 1. The number of aryl methyl sites for hydroxylation is 2. The number of nitrogens with zero attached hydrogens (tertiary/aromatic N) is 3. The Hall–Kier alpha value is -3.32. The standard InChI is InChI=1S/C23H22N4O2S/c1-16-7-5-9-19(13-16)27-17(2)25-26-23(27)30-15-18-8-3-4-11-21(18)22(28)24-14-20-10-6-12-29-20/h3-13H,14-15H2,1-2H3,(H,24,28). The summed E-state index contributed by atoms with van der Waals surface area (Å²) in [5.41, 5.74) is 3.80. The molecule has 2 aromatic heterocycles. The first-order valence-corrected chi connectivity index (χ1v) is 10.6. The van der Waals surface area contributed by atoms with Crippen molar-refractivity contribution in [2.24, 2.45) is 0 Å². The Morgan fingerprint density at radius 3 is 2.73 bits per heavy atom. The summed E-state index contributed by atoms with van der Waals surface area (Å²) in [7, 11) is 0. The van der Waals surface area contributed by atoms with Crippen LogP contribution in [0.1, 0.15) is 33.1 Å². The van der Waals surface area contributed by atoms with Crippen LogP contribution < -0.4 is 5.32 Å². The zero-order valence-electron chi connectivity index (χ0n) is 16.8. The number of carbonyl (C=O) groups is 1. The molecule has 0 spiro atoms. The quantitative estimate of drug-likeness (QED) is 0.441. The Morgan fingerprint density at radius 2 is 1.93 bits per heavy atom. The van der Waals surface area contributed by atoms with Crippen molar-refractivity contribution in [3.8, 4) is 5.69 Å². The van der Waals surface area contributed by atoms with Crippen molar-refractivity contribution in [3.63, 3.8) is 0 Å². The van der Waals surface area contributed by atoms with Crippen LogP contribution in [0.5, 0.6) is 0 Å². The van der Waals surface area contributed by atoms with E-state index in [1.165, 1.54) is 5.56 Å². The number of furan rings is 1. The molecule has 7 heteroatoms. The van der Waals surface area contributed by atoms with Gasteiger partial charge in [0, 0.05) is 17.0 Å². The lowest BCUT2D eigenvalue weighted by molar-refractivity contribution is 0.0947. The number of hydrogen-bond acceptors (Lipinski definition) is 5. The van der Waals surface area contributed by atoms with E-state index in [1.54, 1.807) is 24.1 Å². The third-order valence-electron chi connectivity index (χ3n) is 4.68. The molecule has 0 atom stereocenters. The van der Waals surface area contributed by atoms with Crippen molar-refractivity contribution in [2.45, 2.75) is 31.3 Å². The molecule has 0 radical (unpaired) electrons. The highest BCUT2D eigenvalue weighted by atomic mass is 32.2. The molecule has 0 fully saturated rings. The highest BCUT2D eigenvalue weighted by Gasteiger charge is 2.15. The summed E-state index contributed by atoms with van der Waals surface area (Å²) in [6.07, 6.45) is 1.60. The highest BCUT2D eigenvalue weighted by molar-refractivity contribution is 7.98. The van der Waals surface area contributed by atoms with Crippen LogP contribution in [0.4, 0.5) is 0 Å². The molecule has 0 unspecified atom stereocenters. The van der Waals surface area contributed by atoms with Crippen molar-refractivity contribution in [1.82, 2.24) is 20.1 Å². The first-order valence-electron chi connectivity index (χ1n) is 9.62. The fourth-order valence-corrected chi connectivity index (χ4v) is 4.19. The molecule has 0 aliphatic heterocycles. The van der Waals surface area contributed by atoms with Gasteiger partial charge in [0.05, 0.1) is 12.8 Å². The molecule has 4 rings (SSSR count). The second-order valence-electron chi connectivity index (χ2n) is 6.91. The number of aromatic nitrogens is 3. The Labute approximate surface area is 179 Å². The minimum atomic E-state index is -0.126. The minimum Gasteiger partial charge on any atom is -0.467 e. The monoisotopic (exact) mass is 418 g/mol. The number of amides is 1. The number of carbonyl (C=O) groups excluding carboxylic acids is 1. The molecule has 0 aliphatic rings. The molecular formula is C23H22N4O2S. The molecule has 2 heterocycles. The molecule has 152 valence electrons. The Bertz CT molecular complexity index is 1150. The molecule has 1 amide bonds. The molecule has 30 heavy (non-hydrogen) atoms. The van der Waals surface area contributed by atoms with E-state index in [2.05, 4.69) is 34.6 Å². The van der Waals surface area contributed by atoms with Gasteiger partial charge in [0.25, 0.3) is 5.91 Å². The molecule has 0 saturated heterocycles. The predicted octanol–water partition coefficient (Wildman–Crippen LogP) is 4.70. The summed E-state index contributed by atoms with van der Waals surface area (Å²) in [5.74, 6) is 2.03. The minimum absolute atomic E-state index is 0.126. The van der Waals surface area contributed by atoms with E-state index in [1.807, 2.05) is 54.0 Å². The van der Waals surface area contributed by atoms with Crippen LogP contribution >= 0.6 is 11.8 Å². The second kappa shape index (κ2) is 9.00. The van der Waals surface area contributed by atoms with E-state index < -0.39 is 0 Å². The van der Waals surface area contributed by atoms with Crippen LogP contribution in [-0.4, -0.2) is 20.7 Å². The zero-order valence-corrected chi connectivity index (χ0v) is 17.6. The molecule has 0 saturated carbocycles. The van der Waals surface area contributed by atoms with Gasteiger partial charge in [-0.2, -0.15) is 0 Å². The maximum Gasteiger partial charge on any atom is 0.251 e. The normalized spacial score (nSPS) is 10.9. The maximum atomic E-state index is 12.7. The van der Waals surface area contributed by atoms with Crippen LogP contribution in [0.2, 0.25) is 0 Å². The third-order valence-corrected chi connectivity index (χ3v) is 5.65. The highest BCUT2D eigenvalue weighted by Crippen LogP contribution is 2.26. The Balaban J connectivity index is 1.51. The van der Waals surface area contributed by atoms with E-state index in [4.69, 9.17) is 4.42 Å². The van der Waals surface area contributed by atoms with E-state index in [-0.39, 0.29) is 5.91 Å². The van der Waals surface area contributed by atoms with Gasteiger partial charge in [0.15, 0.2) is 5.16 Å². The average Bonchev–Trinajstić information content (AvgIpc) is 3.40.